The first-order valence-electron chi connectivity index (χ1n) is 5.91. The average Bonchev–Trinajstić information content (AvgIpc) is 2.86. The van der Waals surface area contributed by atoms with Gasteiger partial charge in [0.1, 0.15) is 0 Å². The number of amides is 1. The molecule has 2 N–H and O–H groups in total. The van der Waals surface area contributed by atoms with Gasteiger partial charge in [-0.15, -0.1) is 24.2 Å². The Labute approximate surface area is 119 Å². The predicted molar refractivity (Wildman–Crippen MR) is 78.6 cm³/mol. The Balaban J connectivity index is 0.00000162. The van der Waals surface area contributed by atoms with Gasteiger partial charge in [-0.1, -0.05) is 0 Å². The van der Waals surface area contributed by atoms with E-state index in [4.69, 9.17) is 5.73 Å². The summed E-state index contributed by atoms with van der Waals surface area (Å²) in [5.41, 5.74) is 6.46. The van der Waals surface area contributed by atoms with E-state index in [1.165, 1.54) is 4.90 Å². The molecule has 100 valence electrons. The first kappa shape index (κ1) is 15.3. The molecule has 2 rings (SSSR count). The zero-order chi connectivity index (χ0) is 12.3. The Morgan fingerprint density at radius 1 is 1.44 bits per heavy atom. The van der Waals surface area contributed by atoms with Gasteiger partial charge >= 0.3 is 0 Å². The van der Waals surface area contributed by atoms with Gasteiger partial charge in [0.25, 0.3) is 5.91 Å². The Kier molecular flexibility index (Phi) is 5.99. The molecule has 1 fully saturated rings. The topological polar surface area (TPSA) is 46.3 Å². The predicted octanol–water partition coefficient (Wildman–Crippen LogP) is 2.39. The number of rotatable bonds is 3. The first-order chi connectivity index (χ1) is 8.26. The second kappa shape index (κ2) is 7.02. The zero-order valence-corrected chi connectivity index (χ0v) is 12.1. The number of carbonyl (C=O) groups excluding carboxylic acids is 1. The van der Waals surface area contributed by atoms with E-state index in [9.17, 15) is 4.79 Å². The van der Waals surface area contributed by atoms with Gasteiger partial charge in [0.05, 0.1) is 0 Å². The lowest BCUT2D eigenvalue weighted by molar-refractivity contribution is 0.0741. The van der Waals surface area contributed by atoms with Crippen molar-refractivity contribution in [1.82, 2.24) is 4.90 Å². The molecule has 1 aromatic carbocycles. The van der Waals surface area contributed by atoms with Crippen LogP contribution in [0.25, 0.3) is 0 Å². The molecule has 1 amide bonds. The summed E-state index contributed by atoms with van der Waals surface area (Å²) in [6.45, 7) is 1.40. The van der Waals surface area contributed by atoms with Crippen molar-refractivity contribution in [2.45, 2.75) is 23.8 Å². The highest BCUT2D eigenvalue weighted by Crippen LogP contribution is 2.21. The summed E-state index contributed by atoms with van der Waals surface area (Å²) in [7, 11) is 0. The van der Waals surface area contributed by atoms with Crippen LogP contribution in [0.1, 0.15) is 23.2 Å². The molecule has 0 saturated carbocycles. The van der Waals surface area contributed by atoms with E-state index in [-0.39, 0.29) is 24.4 Å². The summed E-state index contributed by atoms with van der Waals surface area (Å²) in [6, 6.07) is 8.01. The lowest BCUT2D eigenvalue weighted by Crippen LogP contribution is -2.39. The molecule has 3 nitrogen and oxygen atoms in total. The van der Waals surface area contributed by atoms with Crippen molar-refractivity contribution in [3.05, 3.63) is 29.8 Å². The molecular weight excluding hydrogens is 268 g/mol. The summed E-state index contributed by atoms with van der Waals surface area (Å²) >= 11 is 1.68. The number of carbonyl (C=O) groups is 1. The molecule has 1 heterocycles. The maximum absolute atomic E-state index is 12.3. The average molecular weight is 287 g/mol. The van der Waals surface area contributed by atoms with Crippen LogP contribution >= 0.6 is 24.2 Å². The molecule has 0 bridgehead atoms. The number of likely N-dealkylation sites (tertiary alicyclic amines) is 1. The fourth-order valence-corrected chi connectivity index (χ4v) is 2.66. The third-order valence-corrected chi connectivity index (χ3v) is 3.99. The lowest BCUT2D eigenvalue weighted by Gasteiger charge is -2.23. The molecule has 0 aliphatic carbocycles. The summed E-state index contributed by atoms with van der Waals surface area (Å²) in [6.07, 6.45) is 4.13. The molecule has 1 aromatic rings. The number of nitrogens with two attached hydrogens (primary N) is 1. The van der Waals surface area contributed by atoms with Crippen LogP contribution in [-0.4, -0.2) is 36.2 Å². The smallest absolute Gasteiger partial charge is 0.254 e. The minimum absolute atomic E-state index is 0. The van der Waals surface area contributed by atoms with Crippen molar-refractivity contribution in [3.8, 4) is 0 Å². The molecule has 0 radical (unpaired) electrons. The normalized spacial score (nSPS) is 18.6. The highest BCUT2D eigenvalue weighted by molar-refractivity contribution is 7.98. The third kappa shape index (κ3) is 3.19. The van der Waals surface area contributed by atoms with Gasteiger partial charge in [-0.2, -0.15) is 0 Å². The van der Waals surface area contributed by atoms with Crippen LogP contribution in [0.3, 0.4) is 0 Å². The van der Waals surface area contributed by atoms with Crippen molar-refractivity contribution >= 4 is 30.1 Å². The van der Waals surface area contributed by atoms with E-state index in [1.807, 2.05) is 35.4 Å². The maximum Gasteiger partial charge on any atom is 0.254 e. The first-order valence-corrected chi connectivity index (χ1v) is 7.14. The van der Waals surface area contributed by atoms with Crippen molar-refractivity contribution < 1.29 is 4.79 Å². The third-order valence-electron chi connectivity index (χ3n) is 3.25. The summed E-state index contributed by atoms with van der Waals surface area (Å²) < 4.78 is 0. The molecule has 1 saturated heterocycles. The Bertz CT molecular complexity index is 396. The second-order valence-corrected chi connectivity index (χ2v) is 5.14. The van der Waals surface area contributed by atoms with Crippen LogP contribution in [0.4, 0.5) is 0 Å². The van der Waals surface area contributed by atoms with Gasteiger partial charge < -0.3 is 10.6 Å². The summed E-state index contributed by atoms with van der Waals surface area (Å²) in [5.74, 6) is 0.116. The molecular formula is C13H19ClN2OS. The number of benzene rings is 1. The van der Waals surface area contributed by atoms with Gasteiger partial charge in [0.2, 0.25) is 0 Å². The molecule has 1 unspecified atom stereocenters. The molecule has 1 atom stereocenters. The molecule has 18 heavy (non-hydrogen) atoms. The van der Waals surface area contributed by atoms with Crippen molar-refractivity contribution in [3.63, 3.8) is 0 Å². The largest absolute Gasteiger partial charge is 0.334 e. The van der Waals surface area contributed by atoms with Crippen LogP contribution in [0.2, 0.25) is 0 Å². The van der Waals surface area contributed by atoms with Crippen LogP contribution in [0.15, 0.2) is 29.2 Å². The number of hydrogen-bond acceptors (Lipinski definition) is 3. The highest BCUT2D eigenvalue weighted by atomic mass is 35.5. The van der Waals surface area contributed by atoms with E-state index in [0.29, 0.717) is 6.54 Å². The maximum atomic E-state index is 12.3. The Hall–Kier alpha value is -0.710. The lowest BCUT2D eigenvalue weighted by atomic mass is 10.1. The molecule has 0 aromatic heterocycles. The molecule has 1 aliphatic rings. The number of halogens is 1. The fourth-order valence-electron chi connectivity index (χ4n) is 2.25. The second-order valence-electron chi connectivity index (χ2n) is 4.26. The Morgan fingerprint density at radius 3 is 2.67 bits per heavy atom. The van der Waals surface area contributed by atoms with Crippen LogP contribution in [-0.2, 0) is 0 Å². The van der Waals surface area contributed by atoms with E-state index in [2.05, 4.69) is 0 Å². The van der Waals surface area contributed by atoms with Crippen LogP contribution in [0, 0.1) is 0 Å². The van der Waals surface area contributed by atoms with Gasteiger partial charge in [-0.05, 0) is 43.4 Å². The van der Waals surface area contributed by atoms with Crippen molar-refractivity contribution in [2.75, 3.05) is 19.3 Å². The Morgan fingerprint density at radius 2 is 2.11 bits per heavy atom. The van der Waals surface area contributed by atoms with Gasteiger partial charge in [-0.25, -0.2) is 0 Å². The number of hydrogen-bond donors (Lipinski definition) is 1. The van der Waals surface area contributed by atoms with E-state index in [0.717, 1.165) is 24.9 Å². The zero-order valence-electron chi connectivity index (χ0n) is 10.5. The molecule has 0 spiro atoms. The van der Waals surface area contributed by atoms with Crippen molar-refractivity contribution in [1.29, 1.82) is 0 Å². The highest BCUT2D eigenvalue weighted by Gasteiger charge is 2.27. The number of thioether (sulfide) groups is 1. The molecule has 5 heteroatoms. The minimum Gasteiger partial charge on any atom is -0.334 e. The van der Waals surface area contributed by atoms with Gasteiger partial charge in [0.15, 0.2) is 0 Å². The van der Waals surface area contributed by atoms with E-state index >= 15 is 0 Å². The van der Waals surface area contributed by atoms with Crippen molar-refractivity contribution in [2.24, 2.45) is 5.73 Å². The van der Waals surface area contributed by atoms with Gasteiger partial charge in [0, 0.05) is 29.6 Å². The van der Waals surface area contributed by atoms with Gasteiger partial charge in [-0.3, -0.25) is 4.79 Å². The monoisotopic (exact) mass is 286 g/mol. The van der Waals surface area contributed by atoms with E-state index < -0.39 is 0 Å². The summed E-state index contributed by atoms with van der Waals surface area (Å²) in [4.78, 5) is 15.4. The number of nitrogens with zero attached hydrogens (tertiary/aromatic N) is 1. The quantitative estimate of drug-likeness (QED) is 0.868. The van der Waals surface area contributed by atoms with Crippen LogP contribution in [0.5, 0.6) is 0 Å². The standard InChI is InChI=1S/C13H18N2OS.ClH/c1-17-12-6-4-10(5-7-12)13(16)15-8-2-3-11(15)9-14;/h4-7,11H,2-3,8-9,14H2,1H3;1H. The molecule has 1 aliphatic heterocycles. The fraction of sp³-hybridized carbons (Fsp3) is 0.462. The van der Waals surface area contributed by atoms with E-state index in [1.54, 1.807) is 11.8 Å². The SMILES string of the molecule is CSc1ccc(C(=O)N2CCCC2CN)cc1.Cl. The summed E-state index contributed by atoms with van der Waals surface area (Å²) in [5, 5.41) is 0. The van der Waals surface area contributed by atoms with Crippen LogP contribution < -0.4 is 5.73 Å². The minimum atomic E-state index is 0.